The van der Waals surface area contributed by atoms with Crippen molar-refractivity contribution in [3.05, 3.63) is 29.5 Å². The molecule has 96 valence electrons. The van der Waals surface area contributed by atoms with Gasteiger partial charge in [-0.25, -0.2) is 0 Å². The number of nitrogens with two attached hydrogens (primary N) is 1. The molecule has 0 spiro atoms. The van der Waals surface area contributed by atoms with Crippen LogP contribution < -0.4 is 16.3 Å². The Morgan fingerprint density at radius 1 is 1.50 bits per heavy atom. The van der Waals surface area contributed by atoms with E-state index in [4.69, 9.17) is 16.2 Å². The number of benzene rings is 1. The van der Waals surface area contributed by atoms with E-state index in [9.17, 15) is 13.6 Å². The molecular formula is C8H8N5O4S-. The largest absolute Gasteiger partial charge is 0.733 e. The first-order valence-electron chi connectivity index (χ1n) is 4.38. The van der Waals surface area contributed by atoms with Crippen LogP contribution in [-0.4, -0.2) is 19.6 Å². The number of hydrogen-bond donors (Lipinski definition) is 3. The van der Waals surface area contributed by atoms with Crippen LogP contribution in [0.1, 0.15) is 0 Å². The van der Waals surface area contributed by atoms with E-state index in [-0.39, 0.29) is 10.6 Å². The van der Waals surface area contributed by atoms with Gasteiger partial charge in [0.25, 0.3) is 10.0 Å². The maximum atomic E-state index is 11.6. The molecule has 0 aliphatic heterocycles. The molecule has 0 atom stereocenters. The predicted octanol–water partition coefficient (Wildman–Crippen LogP) is -0.546. The summed E-state index contributed by atoms with van der Waals surface area (Å²) < 4.78 is 26.4. The zero-order valence-corrected chi connectivity index (χ0v) is 9.63. The second-order valence-electron chi connectivity index (χ2n) is 2.96. The van der Waals surface area contributed by atoms with E-state index in [1.54, 1.807) is 0 Å². The van der Waals surface area contributed by atoms with Gasteiger partial charge in [0.05, 0.1) is 10.6 Å². The highest BCUT2D eigenvalue weighted by atomic mass is 32.2. The fourth-order valence-electron chi connectivity index (χ4n) is 1.01. The summed E-state index contributed by atoms with van der Waals surface area (Å²) in [6.45, 7) is 0. The maximum absolute atomic E-state index is 11.6. The van der Waals surface area contributed by atoms with Crippen LogP contribution in [-0.2, 0) is 10.0 Å². The molecule has 0 fully saturated rings. The van der Waals surface area contributed by atoms with Crippen LogP contribution in [0.3, 0.4) is 0 Å². The summed E-state index contributed by atoms with van der Waals surface area (Å²) in [7, 11) is -4.08. The highest BCUT2D eigenvalue weighted by molar-refractivity contribution is 7.90. The van der Waals surface area contributed by atoms with Gasteiger partial charge in [-0.3, -0.25) is 10.5 Å². The quantitative estimate of drug-likeness (QED) is 0.217. The molecule has 0 radical (unpaired) electrons. The normalized spacial score (nSPS) is 11.7. The van der Waals surface area contributed by atoms with Crippen LogP contribution in [0.2, 0.25) is 0 Å². The third-order valence-corrected chi connectivity index (χ3v) is 3.06. The maximum Gasteiger partial charge on any atom is 0.285 e. The molecule has 1 rings (SSSR count). The summed E-state index contributed by atoms with van der Waals surface area (Å²) in [6.07, 6.45) is 1.41. The minimum Gasteiger partial charge on any atom is -0.733 e. The van der Waals surface area contributed by atoms with E-state index in [1.165, 1.54) is 6.19 Å². The van der Waals surface area contributed by atoms with Gasteiger partial charge >= 0.3 is 0 Å². The average Bonchev–Trinajstić information content (AvgIpc) is 2.28. The van der Waals surface area contributed by atoms with Crippen LogP contribution in [0.4, 0.5) is 5.69 Å². The van der Waals surface area contributed by atoms with Crippen molar-refractivity contribution in [3.8, 4) is 6.19 Å². The lowest BCUT2D eigenvalue weighted by Crippen LogP contribution is -2.28. The number of sulfonamides is 1. The smallest absolute Gasteiger partial charge is 0.285 e. The summed E-state index contributed by atoms with van der Waals surface area (Å²) in [4.78, 5) is -0.240. The van der Waals surface area contributed by atoms with Crippen molar-refractivity contribution < 1.29 is 13.6 Å². The molecule has 0 aliphatic carbocycles. The van der Waals surface area contributed by atoms with Crippen molar-refractivity contribution in [1.82, 2.24) is 5.32 Å². The van der Waals surface area contributed by atoms with Crippen LogP contribution in [0.5, 0.6) is 0 Å². The fraction of sp³-hybridized carbons (Fsp3) is 0. The van der Waals surface area contributed by atoms with Crippen molar-refractivity contribution in [2.75, 3.05) is 5.23 Å². The van der Waals surface area contributed by atoms with Crippen molar-refractivity contribution in [1.29, 1.82) is 5.26 Å². The molecule has 9 nitrogen and oxygen atoms in total. The Bertz CT molecular complexity index is 587. The second-order valence-corrected chi connectivity index (χ2v) is 4.56. The monoisotopic (exact) mass is 270 g/mol. The van der Waals surface area contributed by atoms with E-state index in [1.807, 2.05) is 5.32 Å². The molecular weight excluding hydrogens is 262 g/mol. The Balaban J connectivity index is 3.07. The number of anilines is 1. The van der Waals surface area contributed by atoms with Crippen molar-refractivity contribution in [2.24, 2.45) is 10.1 Å². The lowest BCUT2D eigenvalue weighted by molar-refractivity contribution is 0.296. The van der Waals surface area contributed by atoms with E-state index in [0.29, 0.717) is 0 Å². The molecule has 0 aliphatic rings. The van der Waals surface area contributed by atoms with Gasteiger partial charge in [0.1, 0.15) is 0 Å². The number of nitriles is 1. The number of nitrogens with zero attached hydrogens (tertiary/aromatic N) is 3. The minimum atomic E-state index is -4.08. The molecule has 0 heterocycles. The van der Waals surface area contributed by atoms with Crippen LogP contribution in [0.25, 0.3) is 0 Å². The van der Waals surface area contributed by atoms with Crippen molar-refractivity contribution >= 4 is 21.7 Å². The number of nitrogens with one attached hydrogen (secondary N) is 1. The summed E-state index contributed by atoms with van der Waals surface area (Å²) in [5.74, 6) is -0.575. The third-order valence-electron chi connectivity index (χ3n) is 1.76. The van der Waals surface area contributed by atoms with Crippen LogP contribution >= 0.6 is 0 Å². The summed E-state index contributed by atoms with van der Waals surface area (Å²) in [5, 5.41) is 28.7. The number of rotatable bonds is 3. The topological polar surface area (TPSA) is 155 Å². The van der Waals surface area contributed by atoms with Gasteiger partial charge in [0.2, 0.25) is 5.96 Å². The minimum absolute atomic E-state index is 0.138. The standard InChI is InChI=1S/C8H8N5O4S/c9-5-11-8(10)12-18(16,17)7-3-1-6(2-4-7)13(14)15/h1-4,14H,(H3,10,11,12)/q-1. The number of guanidine groups is 1. The molecule has 18 heavy (non-hydrogen) atoms. The van der Waals surface area contributed by atoms with E-state index in [2.05, 4.69) is 4.40 Å². The first kappa shape index (κ1) is 13.7. The fourth-order valence-corrected chi connectivity index (χ4v) is 1.90. The van der Waals surface area contributed by atoms with Gasteiger partial charge in [0, 0.05) is 0 Å². The highest BCUT2D eigenvalue weighted by Crippen LogP contribution is 2.17. The molecule has 10 heteroatoms. The molecule has 4 N–H and O–H groups in total. The summed E-state index contributed by atoms with van der Waals surface area (Å²) in [5.41, 5.74) is 4.99. The van der Waals surface area contributed by atoms with Crippen molar-refractivity contribution in [2.45, 2.75) is 4.90 Å². The van der Waals surface area contributed by atoms with Crippen LogP contribution in [0.15, 0.2) is 33.6 Å². The predicted molar refractivity (Wildman–Crippen MR) is 61.6 cm³/mol. The van der Waals surface area contributed by atoms with Gasteiger partial charge in [-0.1, -0.05) is 0 Å². The molecule has 0 aromatic heterocycles. The Morgan fingerprint density at radius 2 is 2.06 bits per heavy atom. The molecule has 0 saturated carbocycles. The summed E-state index contributed by atoms with van der Waals surface area (Å²) in [6, 6.07) is 4.30. The van der Waals surface area contributed by atoms with Crippen molar-refractivity contribution in [3.63, 3.8) is 0 Å². The second kappa shape index (κ2) is 5.32. The first-order valence-corrected chi connectivity index (χ1v) is 5.82. The molecule has 1 aromatic rings. The van der Waals surface area contributed by atoms with E-state index >= 15 is 0 Å². The van der Waals surface area contributed by atoms with Gasteiger partial charge < -0.3 is 16.2 Å². The van der Waals surface area contributed by atoms with Gasteiger partial charge in [-0.05, 0) is 24.3 Å². The zero-order chi connectivity index (χ0) is 13.8. The molecule has 1 aromatic carbocycles. The van der Waals surface area contributed by atoms with Gasteiger partial charge in [0.15, 0.2) is 6.19 Å². The molecule has 0 saturated heterocycles. The van der Waals surface area contributed by atoms with Crippen LogP contribution in [0, 0.1) is 16.7 Å². The van der Waals surface area contributed by atoms with Gasteiger partial charge in [-0.15, -0.1) is 4.40 Å². The lowest BCUT2D eigenvalue weighted by atomic mass is 10.3. The Morgan fingerprint density at radius 3 is 2.50 bits per heavy atom. The van der Waals surface area contributed by atoms with E-state index in [0.717, 1.165) is 24.3 Å². The average molecular weight is 270 g/mol. The zero-order valence-electron chi connectivity index (χ0n) is 8.81. The molecule has 0 unspecified atom stereocenters. The SMILES string of the molecule is N#CN/C(N)=N\S(=O)(=O)c1ccc(N([O-])O)cc1. The Hall–Kier alpha value is -2.35. The highest BCUT2D eigenvalue weighted by Gasteiger charge is 2.13. The molecule has 0 amide bonds. The first-order chi connectivity index (χ1) is 8.36. The number of hydrogen-bond acceptors (Lipinski definition) is 6. The van der Waals surface area contributed by atoms with Gasteiger partial charge in [-0.2, -0.15) is 13.7 Å². The summed E-state index contributed by atoms with van der Waals surface area (Å²) >= 11 is 0. The lowest BCUT2D eigenvalue weighted by Gasteiger charge is -2.21. The Kier molecular flexibility index (Phi) is 4.05. The van der Waals surface area contributed by atoms with E-state index < -0.39 is 21.2 Å². The molecule has 0 bridgehead atoms. The Labute approximate surface area is 102 Å². The third kappa shape index (κ3) is 3.32.